The van der Waals surface area contributed by atoms with Gasteiger partial charge in [0.25, 0.3) is 0 Å². The molecule has 0 atom stereocenters. The van der Waals surface area contributed by atoms with Crippen molar-refractivity contribution in [3.63, 3.8) is 0 Å². The predicted octanol–water partition coefficient (Wildman–Crippen LogP) is 0.483. The number of hydrogen-bond donors (Lipinski definition) is 0. The zero-order valence-electron chi connectivity index (χ0n) is 10.7. The average molecular weight is 257 g/mol. The molecular formula is C11H19N3O2S. The lowest BCUT2D eigenvalue weighted by atomic mass is 10.4. The number of pyridine rings is 1. The summed E-state index contributed by atoms with van der Waals surface area (Å²) in [6.07, 6.45) is 2.81. The first kappa shape index (κ1) is 13.9. The van der Waals surface area contributed by atoms with Crippen LogP contribution in [0.3, 0.4) is 0 Å². The van der Waals surface area contributed by atoms with Crippen molar-refractivity contribution in [3.05, 3.63) is 18.3 Å². The van der Waals surface area contributed by atoms with Crippen LogP contribution in [0.4, 0.5) is 5.82 Å². The summed E-state index contributed by atoms with van der Waals surface area (Å²) in [4.78, 5) is 8.33. The average Bonchev–Trinajstić information content (AvgIpc) is 2.24. The van der Waals surface area contributed by atoms with Crippen molar-refractivity contribution in [1.29, 1.82) is 0 Å². The van der Waals surface area contributed by atoms with E-state index in [0.29, 0.717) is 5.82 Å². The maximum Gasteiger partial charge on any atom is 0.179 e. The normalized spacial score (nSPS) is 11.8. The largest absolute Gasteiger partial charge is 0.357 e. The van der Waals surface area contributed by atoms with Crippen molar-refractivity contribution in [2.24, 2.45) is 0 Å². The van der Waals surface area contributed by atoms with E-state index in [1.807, 2.05) is 30.9 Å². The summed E-state index contributed by atoms with van der Waals surface area (Å²) >= 11 is 0. The van der Waals surface area contributed by atoms with Gasteiger partial charge in [-0.05, 0) is 26.2 Å². The molecule has 0 N–H and O–H groups in total. The zero-order chi connectivity index (χ0) is 13.1. The second kappa shape index (κ2) is 5.46. The summed E-state index contributed by atoms with van der Waals surface area (Å²) in [6, 6.07) is 3.23. The monoisotopic (exact) mass is 257 g/mol. The van der Waals surface area contributed by atoms with Crippen LogP contribution in [-0.4, -0.2) is 58.8 Å². The van der Waals surface area contributed by atoms with Gasteiger partial charge in [-0.25, -0.2) is 13.4 Å². The maximum atomic E-state index is 11.6. The molecule has 0 aliphatic rings. The SMILES string of the molecule is CN(C)CCN(C)c1ncccc1S(C)(=O)=O. The van der Waals surface area contributed by atoms with Gasteiger partial charge in [0.1, 0.15) is 10.7 Å². The molecule has 1 aromatic rings. The van der Waals surface area contributed by atoms with Crippen molar-refractivity contribution in [2.75, 3.05) is 45.4 Å². The number of aromatic nitrogens is 1. The number of sulfone groups is 1. The van der Waals surface area contributed by atoms with Gasteiger partial charge in [0.15, 0.2) is 9.84 Å². The zero-order valence-corrected chi connectivity index (χ0v) is 11.5. The summed E-state index contributed by atoms with van der Waals surface area (Å²) < 4.78 is 23.2. The summed E-state index contributed by atoms with van der Waals surface area (Å²) in [6.45, 7) is 1.57. The summed E-state index contributed by atoms with van der Waals surface area (Å²) in [7, 11) is 2.56. The highest BCUT2D eigenvalue weighted by molar-refractivity contribution is 7.90. The molecule has 0 saturated heterocycles. The Labute approximate surface area is 103 Å². The third-order valence-electron chi connectivity index (χ3n) is 2.39. The molecule has 1 heterocycles. The van der Waals surface area contributed by atoms with Crippen LogP contribution in [0.25, 0.3) is 0 Å². The van der Waals surface area contributed by atoms with Crippen LogP contribution in [0.1, 0.15) is 0 Å². The molecular weight excluding hydrogens is 238 g/mol. The Morgan fingerprint density at radius 1 is 1.24 bits per heavy atom. The number of hydrogen-bond acceptors (Lipinski definition) is 5. The Morgan fingerprint density at radius 3 is 2.41 bits per heavy atom. The fourth-order valence-corrected chi connectivity index (χ4v) is 2.28. The number of rotatable bonds is 5. The molecule has 0 radical (unpaired) electrons. The molecule has 0 aliphatic carbocycles. The predicted molar refractivity (Wildman–Crippen MR) is 69.2 cm³/mol. The van der Waals surface area contributed by atoms with Gasteiger partial charge in [0.2, 0.25) is 0 Å². The Bertz CT molecular complexity index is 471. The van der Waals surface area contributed by atoms with Gasteiger partial charge in [-0.2, -0.15) is 0 Å². The molecule has 5 nitrogen and oxygen atoms in total. The van der Waals surface area contributed by atoms with Gasteiger partial charge < -0.3 is 9.80 Å². The topological polar surface area (TPSA) is 53.5 Å². The summed E-state index contributed by atoms with van der Waals surface area (Å²) in [5.74, 6) is 0.511. The first-order chi connectivity index (χ1) is 7.82. The fraction of sp³-hybridized carbons (Fsp3) is 0.545. The van der Waals surface area contributed by atoms with Gasteiger partial charge >= 0.3 is 0 Å². The second-order valence-electron chi connectivity index (χ2n) is 4.32. The smallest absolute Gasteiger partial charge is 0.179 e. The maximum absolute atomic E-state index is 11.6. The van der Waals surface area contributed by atoms with Crippen LogP contribution in [0.15, 0.2) is 23.2 Å². The molecule has 0 spiro atoms. The Kier molecular flexibility index (Phi) is 4.47. The number of nitrogens with zero attached hydrogens (tertiary/aromatic N) is 3. The molecule has 0 bridgehead atoms. The highest BCUT2D eigenvalue weighted by atomic mass is 32.2. The van der Waals surface area contributed by atoms with Crippen LogP contribution in [0, 0.1) is 0 Å². The second-order valence-corrected chi connectivity index (χ2v) is 6.31. The van der Waals surface area contributed by atoms with Crippen molar-refractivity contribution < 1.29 is 8.42 Å². The van der Waals surface area contributed by atoms with Crippen LogP contribution in [0.2, 0.25) is 0 Å². The van der Waals surface area contributed by atoms with E-state index in [1.165, 1.54) is 6.26 Å². The molecule has 17 heavy (non-hydrogen) atoms. The van der Waals surface area contributed by atoms with Crippen molar-refractivity contribution >= 4 is 15.7 Å². The van der Waals surface area contributed by atoms with Crippen LogP contribution < -0.4 is 4.90 Å². The van der Waals surface area contributed by atoms with E-state index in [9.17, 15) is 8.42 Å². The molecule has 1 aromatic heterocycles. The van der Waals surface area contributed by atoms with Gasteiger partial charge in [-0.3, -0.25) is 0 Å². The van der Waals surface area contributed by atoms with Gasteiger partial charge in [-0.1, -0.05) is 0 Å². The van der Waals surface area contributed by atoms with Crippen LogP contribution >= 0.6 is 0 Å². The Morgan fingerprint density at radius 2 is 1.88 bits per heavy atom. The molecule has 0 aliphatic heterocycles. The van der Waals surface area contributed by atoms with E-state index >= 15 is 0 Å². The first-order valence-electron chi connectivity index (χ1n) is 5.33. The molecule has 0 saturated carbocycles. The minimum atomic E-state index is -3.23. The van der Waals surface area contributed by atoms with Crippen LogP contribution in [0.5, 0.6) is 0 Å². The summed E-state index contributed by atoms with van der Waals surface area (Å²) in [5, 5.41) is 0. The Balaban J connectivity index is 2.98. The minimum Gasteiger partial charge on any atom is -0.357 e. The van der Waals surface area contributed by atoms with E-state index < -0.39 is 9.84 Å². The molecule has 0 amide bonds. The lowest BCUT2D eigenvalue weighted by Crippen LogP contribution is -2.30. The highest BCUT2D eigenvalue weighted by Crippen LogP contribution is 2.20. The fourth-order valence-electron chi connectivity index (χ4n) is 1.41. The van der Waals surface area contributed by atoms with Gasteiger partial charge in [-0.15, -0.1) is 0 Å². The lowest BCUT2D eigenvalue weighted by molar-refractivity contribution is 0.416. The molecule has 6 heteroatoms. The highest BCUT2D eigenvalue weighted by Gasteiger charge is 2.16. The van der Waals surface area contributed by atoms with Gasteiger partial charge in [0.05, 0.1) is 0 Å². The third kappa shape index (κ3) is 3.98. The number of likely N-dealkylation sites (N-methyl/N-ethyl adjacent to an activating group) is 2. The standard InChI is InChI=1S/C11H19N3O2S/c1-13(2)8-9-14(3)11-10(17(4,15)16)6-5-7-12-11/h5-7H,8-9H2,1-4H3. The molecule has 0 aromatic carbocycles. The molecule has 1 rings (SSSR count). The van der Waals surface area contributed by atoms with E-state index in [4.69, 9.17) is 0 Å². The quantitative estimate of drug-likeness (QED) is 0.768. The van der Waals surface area contributed by atoms with E-state index in [0.717, 1.165) is 13.1 Å². The van der Waals surface area contributed by atoms with Crippen molar-refractivity contribution in [1.82, 2.24) is 9.88 Å². The Hall–Kier alpha value is -1.14. The van der Waals surface area contributed by atoms with E-state index in [2.05, 4.69) is 4.98 Å². The van der Waals surface area contributed by atoms with Crippen molar-refractivity contribution in [2.45, 2.75) is 4.90 Å². The molecule has 0 unspecified atom stereocenters. The van der Waals surface area contributed by atoms with Crippen LogP contribution in [-0.2, 0) is 9.84 Å². The minimum absolute atomic E-state index is 0.279. The molecule has 0 fully saturated rings. The molecule has 96 valence electrons. The van der Waals surface area contributed by atoms with Crippen molar-refractivity contribution in [3.8, 4) is 0 Å². The summed E-state index contributed by atoms with van der Waals surface area (Å²) in [5.41, 5.74) is 0. The van der Waals surface area contributed by atoms with E-state index in [1.54, 1.807) is 18.3 Å². The van der Waals surface area contributed by atoms with Gasteiger partial charge in [0, 0.05) is 32.6 Å². The van der Waals surface area contributed by atoms with E-state index in [-0.39, 0.29) is 4.90 Å². The number of anilines is 1. The first-order valence-corrected chi connectivity index (χ1v) is 7.22. The third-order valence-corrected chi connectivity index (χ3v) is 3.51. The lowest BCUT2D eigenvalue weighted by Gasteiger charge is -2.22.